The molecule has 66 heavy (non-hydrogen) atoms. The zero-order valence-corrected chi connectivity index (χ0v) is 38.7. The van der Waals surface area contributed by atoms with Gasteiger partial charge in [0.2, 0.25) is 0 Å². The molecular formula is C57H68O9. The molecule has 0 aromatic heterocycles. The van der Waals surface area contributed by atoms with Crippen LogP contribution in [0.4, 0.5) is 0 Å². The summed E-state index contributed by atoms with van der Waals surface area (Å²) in [5.41, 5.74) is 4.42. The lowest BCUT2D eigenvalue weighted by Crippen LogP contribution is -2.63. The number of fused-ring (bicyclic) bond motifs is 5. The molecule has 0 amide bonds. The monoisotopic (exact) mass is 896 g/mol. The summed E-state index contributed by atoms with van der Waals surface area (Å²) in [6.07, 6.45) is 7.36. The number of cyclic esters (lactones) is 1. The van der Waals surface area contributed by atoms with Gasteiger partial charge in [0.05, 0.1) is 44.7 Å². The van der Waals surface area contributed by atoms with Crippen LogP contribution in [0.1, 0.15) is 93.9 Å². The number of ether oxygens (including phenoxy) is 7. The topological polar surface area (TPSA) is 102 Å². The van der Waals surface area contributed by atoms with E-state index in [0.717, 1.165) is 85.6 Å². The molecule has 0 radical (unpaired) electrons. The number of hydrogen-bond acceptors (Lipinski definition) is 9. The summed E-state index contributed by atoms with van der Waals surface area (Å²) >= 11 is 0. The van der Waals surface area contributed by atoms with Crippen LogP contribution in [0.3, 0.4) is 0 Å². The molecule has 0 unspecified atom stereocenters. The summed E-state index contributed by atoms with van der Waals surface area (Å²) in [4.78, 5) is 12.1. The van der Waals surface area contributed by atoms with E-state index >= 15 is 0 Å². The average Bonchev–Trinajstić information content (AvgIpc) is 3.90. The van der Waals surface area contributed by atoms with Crippen LogP contribution in [0.5, 0.6) is 0 Å². The normalized spacial score (nSPS) is 36.2. The van der Waals surface area contributed by atoms with E-state index in [2.05, 4.69) is 62.4 Å². The number of aliphatic hydroxyl groups is 1. The van der Waals surface area contributed by atoms with Crippen molar-refractivity contribution in [2.24, 2.45) is 34.5 Å². The van der Waals surface area contributed by atoms with Crippen molar-refractivity contribution in [2.75, 3.05) is 13.2 Å². The minimum absolute atomic E-state index is 0.0467. The SMILES string of the molecule is C[C@]12CC[C@H](O[C@H]3O[C@H](COCc4ccccc4)[C@@H](OCc4ccccc4)[C@H](OCc4ccccc4)[C@H]3OCc3ccccc3)C[C@H]1CC[C@@H]1[C@@H]2CC[C@]2(C)[C@@H](C3=CC(=O)OC3)CC[C@]12O. The Balaban J connectivity index is 0.909. The maximum Gasteiger partial charge on any atom is 0.331 e. The molecule has 1 N–H and O–H groups in total. The third-order valence-corrected chi connectivity index (χ3v) is 17.1. The van der Waals surface area contributed by atoms with Crippen LogP contribution >= 0.6 is 0 Å². The number of rotatable bonds is 16. The van der Waals surface area contributed by atoms with Crippen LogP contribution in [0, 0.1) is 34.5 Å². The predicted octanol–water partition coefficient (Wildman–Crippen LogP) is 10.3. The Morgan fingerprint density at radius 1 is 0.621 bits per heavy atom. The molecule has 9 heteroatoms. The van der Waals surface area contributed by atoms with Crippen molar-refractivity contribution < 1.29 is 43.1 Å². The van der Waals surface area contributed by atoms with Crippen molar-refractivity contribution in [1.29, 1.82) is 0 Å². The first-order valence-electron chi connectivity index (χ1n) is 24.7. The zero-order chi connectivity index (χ0) is 45.1. The fourth-order valence-electron chi connectivity index (χ4n) is 13.5. The second-order valence-electron chi connectivity index (χ2n) is 20.7. The van der Waals surface area contributed by atoms with Crippen LogP contribution < -0.4 is 0 Å². The van der Waals surface area contributed by atoms with Gasteiger partial charge >= 0.3 is 5.97 Å². The maximum atomic E-state index is 12.9. The van der Waals surface area contributed by atoms with E-state index < -0.39 is 36.3 Å². The first kappa shape index (κ1) is 45.6. The average molecular weight is 897 g/mol. The molecule has 10 rings (SSSR count). The highest BCUT2D eigenvalue weighted by Gasteiger charge is 2.68. The van der Waals surface area contributed by atoms with Crippen LogP contribution in [0.15, 0.2) is 133 Å². The predicted molar refractivity (Wildman–Crippen MR) is 250 cm³/mol. The minimum Gasteiger partial charge on any atom is -0.458 e. The van der Waals surface area contributed by atoms with Gasteiger partial charge in [-0.15, -0.1) is 0 Å². The summed E-state index contributed by atoms with van der Waals surface area (Å²) in [7, 11) is 0. The quantitative estimate of drug-likeness (QED) is 0.0870. The van der Waals surface area contributed by atoms with Crippen molar-refractivity contribution in [2.45, 2.75) is 140 Å². The lowest BCUT2D eigenvalue weighted by Gasteiger charge is -2.64. The summed E-state index contributed by atoms with van der Waals surface area (Å²) < 4.78 is 47.2. The Bertz CT molecular complexity index is 2240. The molecule has 4 saturated carbocycles. The van der Waals surface area contributed by atoms with Gasteiger partial charge in [-0.3, -0.25) is 0 Å². The second-order valence-corrected chi connectivity index (χ2v) is 20.7. The largest absolute Gasteiger partial charge is 0.458 e. The van der Waals surface area contributed by atoms with E-state index in [1.165, 1.54) is 0 Å². The van der Waals surface area contributed by atoms with Crippen molar-refractivity contribution >= 4 is 5.97 Å². The molecule has 4 aromatic rings. The molecule has 2 heterocycles. The molecule has 5 fully saturated rings. The third kappa shape index (κ3) is 9.22. The molecule has 9 nitrogen and oxygen atoms in total. The number of benzene rings is 4. The summed E-state index contributed by atoms with van der Waals surface area (Å²) in [6.45, 7) is 7.01. The van der Waals surface area contributed by atoms with Crippen LogP contribution in [-0.4, -0.2) is 66.7 Å². The van der Waals surface area contributed by atoms with Gasteiger partial charge in [-0.1, -0.05) is 135 Å². The van der Waals surface area contributed by atoms with E-state index in [4.69, 9.17) is 33.2 Å². The second kappa shape index (κ2) is 19.8. The van der Waals surface area contributed by atoms with Crippen molar-refractivity contribution in [1.82, 2.24) is 0 Å². The first-order valence-corrected chi connectivity index (χ1v) is 24.7. The van der Waals surface area contributed by atoms with Gasteiger partial charge in [-0.05, 0) is 115 Å². The Labute approximate surface area is 391 Å². The molecule has 4 aromatic carbocycles. The van der Waals surface area contributed by atoms with Crippen molar-refractivity contribution in [3.8, 4) is 0 Å². The number of carbonyl (C=O) groups excluding carboxylic acids is 1. The van der Waals surface area contributed by atoms with Gasteiger partial charge in [-0.2, -0.15) is 0 Å². The van der Waals surface area contributed by atoms with E-state index in [-0.39, 0.29) is 41.3 Å². The maximum absolute atomic E-state index is 12.9. The zero-order valence-electron chi connectivity index (χ0n) is 38.7. The van der Waals surface area contributed by atoms with Gasteiger partial charge in [0.25, 0.3) is 0 Å². The smallest absolute Gasteiger partial charge is 0.331 e. The highest BCUT2D eigenvalue weighted by molar-refractivity contribution is 5.85. The molecule has 0 spiro atoms. The Morgan fingerprint density at radius 3 is 1.79 bits per heavy atom. The van der Waals surface area contributed by atoms with E-state index in [1.54, 1.807) is 6.08 Å². The Hall–Kier alpha value is -4.19. The van der Waals surface area contributed by atoms with Crippen LogP contribution in [0.2, 0.25) is 0 Å². The van der Waals surface area contributed by atoms with E-state index in [0.29, 0.717) is 44.9 Å². The summed E-state index contributed by atoms with van der Waals surface area (Å²) in [6, 6.07) is 41.0. The fourth-order valence-corrected chi connectivity index (χ4v) is 13.5. The highest BCUT2D eigenvalue weighted by atomic mass is 16.7. The van der Waals surface area contributed by atoms with Crippen LogP contribution in [0.25, 0.3) is 0 Å². The number of hydrogen-bond donors (Lipinski definition) is 1. The van der Waals surface area contributed by atoms with Crippen LogP contribution in [-0.2, 0) is 64.4 Å². The van der Waals surface area contributed by atoms with Gasteiger partial charge in [0.15, 0.2) is 6.29 Å². The molecule has 6 aliphatic rings. The molecule has 0 bridgehead atoms. The summed E-state index contributed by atoms with van der Waals surface area (Å²) in [5.74, 6) is 1.07. The van der Waals surface area contributed by atoms with Gasteiger partial charge in [0.1, 0.15) is 31.0 Å². The van der Waals surface area contributed by atoms with E-state index in [9.17, 15) is 9.90 Å². The lowest BCUT2D eigenvalue weighted by molar-refractivity contribution is -0.340. The Morgan fingerprint density at radius 2 is 1.20 bits per heavy atom. The van der Waals surface area contributed by atoms with Gasteiger partial charge in [0, 0.05) is 11.5 Å². The van der Waals surface area contributed by atoms with Gasteiger partial charge in [-0.25, -0.2) is 4.79 Å². The third-order valence-electron chi connectivity index (χ3n) is 17.1. The standard InChI is InChI=1S/C57H68O9/c1-55-28-25-45(32-44(55)23-24-48-47(55)26-29-56(2)46(27-30-57(48,56)59)43-31-50(58)61-37-43)65-54-53(64-36-42-21-13-6-14-22-42)52(63-35-41-19-11-5-12-20-41)51(62-34-40-17-9-4-10-18-40)49(66-54)38-60-33-39-15-7-3-8-16-39/h3-22,31,44-49,51-54,59H,23-30,32-38H2,1-2H3/t44-,45+,46-,47+,48-,49-,51-,52+,53-,54+,55+,56-,57+/m1/s1. The van der Waals surface area contributed by atoms with Crippen molar-refractivity contribution in [3.63, 3.8) is 0 Å². The summed E-state index contributed by atoms with van der Waals surface area (Å²) in [5, 5.41) is 12.9. The minimum atomic E-state index is -0.751. The van der Waals surface area contributed by atoms with Crippen molar-refractivity contribution in [3.05, 3.63) is 155 Å². The molecule has 350 valence electrons. The molecular weight excluding hydrogens is 829 g/mol. The fraction of sp³-hybridized carbons (Fsp3) is 0.526. The Kier molecular flexibility index (Phi) is 13.7. The first-order chi connectivity index (χ1) is 32.2. The van der Waals surface area contributed by atoms with Gasteiger partial charge < -0.3 is 38.3 Å². The number of carbonyl (C=O) groups is 1. The lowest BCUT2D eigenvalue weighted by atomic mass is 9.43. The molecule has 2 aliphatic heterocycles. The highest BCUT2D eigenvalue weighted by Crippen LogP contribution is 2.70. The molecule has 1 saturated heterocycles. The number of esters is 1. The van der Waals surface area contributed by atoms with E-state index in [1.807, 2.05) is 72.8 Å². The molecule has 4 aliphatic carbocycles. The molecule has 13 atom stereocenters.